The van der Waals surface area contributed by atoms with Gasteiger partial charge in [-0.1, -0.05) is 17.7 Å². The molecule has 0 spiro atoms. The Morgan fingerprint density at radius 3 is 2.48 bits per heavy atom. The topological polar surface area (TPSA) is 29.1 Å². The molecular formula is C16H15F2NOS. The van der Waals surface area contributed by atoms with Gasteiger partial charge < -0.3 is 5.32 Å². The van der Waals surface area contributed by atoms with Crippen molar-refractivity contribution in [3.8, 4) is 0 Å². The van der Waals surface area contributed by atoms with E-state index in [0.717, 1.165) is 28.7 Å². The summed E-state index contributed by atoms with van der Waals surface area (Å²) in [5.74, 6) is -1.62. The molecule has 1 atom stereocenters. The van der Waals surface area contributed by atoms with Crippen LogP contribution in [-0.2, 0) is 4.79 Å². The third-order valence-electron chi connectivity index (χ3n) is 2.89. The van der Waals surface area contributed by atoms with Crippen LogP contribution in [0.15, 0.2) is 47.4 Å². The predicted octanol–water partition coefficient (Wildman–Crippen LogP) is 4.39. The molecule has 0 heterocycles. The zero-order chi connectivity index (χ0) is 15.4. The first-order valence-electron chi connectivity index (χ1n) is 6.45. The number of carbonyl (C=O) groups excluding carboxylic acids is 1. The number of aryl methyl sites for hydroxylation is 1. The first kappa shape index (κ1) is 15.5. The molecule has 21 heavy (non-hydrogen) atoms. The van der Waals surface area contributed by atoms with Crippen LogP contribution in [0.3, 0.4) is 0 Å². The molecule has 2 aromatic carbocycles. The van der Waals surface area contributed by atoms with Gasteiger partial charge in [-0.2, -0.15) is 0 Å². The highest BCUT2D eigenvalue weighted by atomic mass is 32.2. The molecule has 2 nitrogen and oxygen atoms in total. The van der Waals surface area contributed by atoms with Crippen LogP contribution in [0.4, 0.5) is 14.5 Å². The van der Waals surface area contributed by atoms with Crippen molar-refractivity contribution in [2.45, 2.75) is 24.0 Å². The molecule has 110 valence electrons. The predicted molar refractivity (Wildman–Crippen MR) is 81.5 cm³/mol. The zero-order valence-electron chi connectivity index (χ0n) is 11.7. The molecule has 1 unspecified atom stereocenters. The van der Waals surface area contributed by atoms with Gasteiger partial charge in [-0.05, 0) is 38.1 Å². The van der Waals surface area contributed by atoms with Crippen LogP contribution in [0.5, 0.6) is 0 Å². The van der Waals surface area contributed by atoms with Gasteiger partial charge in [-0.25, -0.2) is 8.78 Å². The molecule has 2 aromatic rings. The number of amides is 1. The van der Waals surface area contributed by atoms with E-state index in [9.17, 15) is 13.6 Å². The first-order valence-corrected chi connectivity index (χ1v) is 7.33. The maximum absolute atomic E-state index is 13.5. The molecule has 0 aliphatic rings. The Morgan fingerprint density at radius 1 is 1.14 bits per heavy atom. The summed E-state index contributed by atoms with van der Waals surface area (Å²) in [6.07, 6.45) is 0. The minimum Gasteiger partial charge on any atom is -0.323 e. The maximum atomic E-state index is 13.5. The Kier molecular flexibility index (Phi) is 4.96. The van der Waals surface area contributed by atoms with E-state index in [4.69, 9.17) is 0 Å². The van der Waals surface area contributed by atoms with E-state index >= 15 is 0 Å². The SMILES string of the molecule is Cc1ccc(SC(C)C(=O)Nc2cc(F)ccc2F)cc1. The highest BCUT2D eigenvalue weighted by Crippen LogP contribution is 2.25. The lowest BCUT2D eigenvalue weighted by Gasteiger charge is -2.12. The van der Waals surface area contributed by atoms with Gasteiger partial charge in [0.1, 0.15) is 11.6 Å². The van der Waals surface area contributed by atoms with Crippen molar-refractivity contribution in [2.24, 2.45) is 0 Å². The van der Waals surface area contributed by atoms with Crippen molar-refractivity contribution >= 4 is 23.4 Å². The molecule has 0 radical (unpaired) electrons. The molecule has 0 aromatic heterocycles. The summed E-state index contributed by atoms with van der Waals surface area (Å²) in [5.41, 5.74) is 0.995. The summed E-state index contributed by atoms with van der Waals surface area (Å²) < 4.78 is 26.5. The first-order chi connectivity index (χ1) is 9.95. The average molecular weight is 307 g/mol. The van der Waals surface area contributed by atoms with Crippen LogP contribution >= 0.6 is 11.8 Å². The van der Waals surface area contributed by atoms with Crippen LogP contribution in [0, 0.1) is 18.6 Å². The van der Waals surface area contributed by atoms with Crippen LogP contribution < -0.4 is 5.32 Å². The van der Waals surface area contributed by atoms with E-state index in [1.807, 2.05) is 31.2 Å². The Bertz CT molecular complexity index is 643. The monoisotopic (exact) mass is 307 g/mol. The molecule has 5 heteroatoms. The van der Waals surface area contributed by atoms with Gasteiger partial charge in [-0.15, -0.1) is 11.8 Å². The van der Waals surface area contributed by atoms with Gasteiger partial charge >= 0.3 is 0 Å². The van der Waals surface area contributed by atoms with Crippen molar-refractivity contribution in [3.05, 3.63) is 59.7 Å². The molecular weight excluding hydrogens is 292 g/mol. The average Bonchev–Trinajstić information content (AvgIpc) is 2.45. The molecule has 2 rings (SSSR count). The van der Waals surface area contributed by atoms with Crippen LogP contribution in [0.1, 0.15) is 12.5 Å². The third kappa shape index (κ3) is 4.29. The molecule has 0 saturated carbocycles. The molecule has 0 aliphatic heterocycles. The number of anilines is 1. The van der Waals surface area contributed by atoms with Crippen LogP contribution in [0.2, 0.25) is 0 Å². The Labute approximate surface area is 126 Å². The fraction of sp³-hybridized carbons (Fsp3) is 0.188. The number of nitrogens with one attached hydrogen (secondary N) is 1. The van der Waals surface area contributed by atoms with Gasteiger partial charge in [0.05, 0.1) is 10.9 Å². The number of benzene rings is 2. The van der Waals surface area contributed by atoms with Crippen molar-refractivity contribution in [1.29, 1.82) is 0 Å². The minimum absolute atomic E-state index is 0.142. The highest BCUT2D eigenvalue weighted by molar-refractivity contribution is 8.00. The third-order valence-corrected chi connectivity index (χ3v) is 4.00. The summed E-state index contributed by atoms with van der Waals surface area (Å²) in [6, 6.07) is 10.7. The number of halogens is 2. The Morgan fingerprint density at radius 2 is 1.81 bits per heavy atom. The number of hydrogen-bond acceptors (Lipinski definition) is 2. The summed E-state index contributed by atoms with van der Waals surface area (Å²) in [6.45, 7) is 3.70. The van der Waals surface area contributed by atoms with E-state index in [2.05, 4.69) is 5.32 Å². The largest absolute Gasteiger partial charge is 0.323 e. The van der Waals surface area contributed by atoms with Crippen molar-refractivity contribution < 1.29 is 13.6 Å². The number of carbonyl (C=O) groups is 1. The Balaban J connectivity index is 2.02. The van der Waals surface area contributed by atoms with E-state index in [1.54, 1.807) is 6.92 Å². The zero-order valence-corrected chi connectivity index (χ0v) is 12.5. The molecule has 1 amide bonds. The molecule has 0 bridgehead atoms. The number of hydrogen-bond donors (Lipinski definition) is 1. The summed E-state index contributed by atoms with van der Waals surface area (Å²) >= 11 is 1.36. The van der Waals surface area contributed by atoms with E-state index in [0.29, 0.717) is 0 Å². The molecule has 0 aliphatic carbocycles. The lowest BCUT2D eigenvalue weighted by atomic mass is 10.2. The van der Waals surface area contributed by atoms with E-state index in [-0.39, 0.29) is 11.6 Å². The second kappa shape index (κ2) is 6.72. The summed E-state index contributed by atoms with van der Waals surface area (Å²) in [7, 11) is 0. The molecule has 0 saturated heterocycles. The van der Waals surface area contributed by atoms with Gasteiger partial charge in [-0.3, -0.25) is 4.79 Å². The second-order valence-electron chi connectivity index (χ2n) is 4.69. The summed E-state index contributed by atoms with van der Waals surface area (Å²) in [5, 5.41) is 1.99. The quantitative estimate of drug-likeness (QED) is 0.849. The van der Waals surface area contributed by atoms with Crippen LogP contribution in [-0.4, -0.2) is 11.2 Å². The van der Waals surface area contributed by atoms with Crippen molar-refractivity contribution in [1.82, 2.24) is 0 Å². The standard InChI is InChI=1S/C16H15F2NOS/c1-10-3-6-13(7-4-10)21-11(2)16(20)19-15-9-12(17)5-8-14(15)18/h3-9,11H,1-2H3,(H,19,20). The smallest absolute Gasteiger partial charge is 0.237 e. The van der Waals surface area contributed by atoms with E-state index < -0.39 is 16.9 Å². The molecule has 1 N–H and O–H groups in total. The molecule has 0 fully saturated rings. The minimum atomic E-state index is -0.655. The number of thioether (sulfide) groups is 1. The van der Waals surface area contributed by atoms with Gasteiger partial charge in [0.2, 0.25) is 5.91 Å². The lowest BCUT2D eigenvalue weighted by molar-refractivity contribution is -0.115. The maximum Gasteiger partial charge on any atom is 0.237 e. The van der Waals surface area contributed by atoms with Gasteiger partial charge in [0, 0.05) is 11.0 Å². The Hall–Kier alpha value is -1.88. The van der Waals surface area contributed by atoms with Gasteiger partial charge in [0.15, 0.2) is 0 Å². The van der Waals surface area contributed by atoms with Crippen molar-refractivity contribution in [3.63, 3.8) is 0 Å². The highest BCUT2D eigenvalue weighted by Gasteiger charge is 2.16. The fourth-order valence-corrected chi connectivity index (χ4v) is 2.57. The van der Waals surface area contributed by atoms with Gasteiger partial charge in [0.25, 0.3) is 0 Å². The summed E-state index contributed by atoms with van der Waals surface area (Å²) in [4.78, 5) is 13.0. The van der Waals surface area contributed by atoms with Crippen LogP contribution in [0.25, 0.3) is 0 Å². The normalized spacial score (nSPS) is 12.0. The fourth-order valence-electron chi connectivity index (χ4n) is 1.70. The number of rotatable bonds is 4. The second-order valence-corrected chi connectivity index (χ2v) is 6.10. The lowest BCUT2D eigenvalue weighted by Crippen LogP contribution is -2.23. The van der Waals surface area contributed by atoms with Crippen molar-refractivity contribution in [2.75, 3.05) is 5.32 Å². The van der Waals surface area contributed by atoms with E-state index in [1.165, 1.54) is 11.8 Å².